The summed E-state index contributed by atoms with van der Waals surface area (Å²) >= 11 is 6.49. The molecule has 1 aromatic heterocycles. The van der Waals surface area contributed by atoms with Gasteiger partial charge in [-0.1, -0.05) is 51.4 Å². The van der Waals surface area contributed by atoms with E-state index in [2.05, 4.69) is 20.9 Å². The summed E-state index contributed by atoms with van der Waals surface area (Å²) in [6, 6.07) is 9.26. The van der Waals surface area contributed by atoms with E-state index in [9.17, 15) is 19.5 Å². The normalized spacial score (nSPS) is 24.8. The Morgan fingerprint density at radius 1 is 1.17 bits per heavy atom. The summed E-state index contributed by atoms with van der Waals surface area (Å²) in [5.41, 5.74) is 1.97. The lowest BCUT2D eigenvalue weighted by atomic mass is 9.72. The van der Waals surface area contributed by atoms with E-state index in [4.69, 9.17) is 20.8 Å². The highest BCUT2D eigenvalue weighted by Crippen LogP contribution is 2.58. The molecule has 4 N–H and O–H groups in total. The highest BCUT2D eigenvalue weighted by Gasteiger charge is 2.60. The van der Waals surface area contributed by atoms with Gasteiger partial charge in [-0.05, 0) is 41.7 Å². The molecule has 0 saturated carbocycles. The molecule has 0 radical (unpaired) electrons. The number of aldehydes is 1. The Bertz CT molecular complexity index is 1570. The van der Waals surface area contributed by atoms with Crippen LogP contribution in [0.4, 0.5) is 5.69 Å². The van der Waals surface area contributed by atoms with Gasteiger partial charge in [0.25, 0.3) is 0 Å². The summed E-state index contributed by atoms with van der Waals surface area (Å²) in [7, 11) is 0. The third-order valence-electron chi connectivity index (χ3n) is 8.14. The largest absolute Gasteiger partial charge is 0.469 e. The van der Waals surface area contributed by atoms with E-state index in [1.54, 1.807) is 26.0 Å². The summed E-state index contributed by atoms with van der Waals surface area (Å²) in [6.45, 7) is 7.23. The van der Waals surface area contributed by atoms with Crippen LogP contribution in [0.25, 0.3) is 0 Å². The lowest BCUT2D eigenvalue weighted by Gasteiger charge is -2.29. The van der Waals surface area contributed by atoms with Gasteiger partial charge >= 0.3 is 0 Å². The van der Waals surface area contributed by atoms with E-state index in [0.717, 1.165) is 16.8 Å². The van der Waals surface area contributed by atoms with Gasteiger partial charge in [0.05, 0.1) is 0 Å². The second kappa shape index (κ2) is 9.88. The van der Waals surface area contributed by atoms with Crippen molar-refractivity contribution in [2.24, 2.45) is 11.8 Å². The van der Waals surface area contributed by atoms with Gasteiger partial charge in [0.1, 0.15) is 35.0 Å². The van der Waals surface area contributed by atoms with Crippen LogP contribution in [-0.2, 0) is 21.4 Å². The zero-order valence-electron chi connectivity index (χ0n) is 23.0. The number of halogens is 1. The summed E-state index contributed by atoms with van der Waals surface area (Å²) in [4.78, 5) is 43.6. The van der Waals surface area contributed by atoms with E-state index < -0.39 is 41.6 Å². The number of nitrogens with zero attached hydrogens (tertiary/aromatic N) is 1. The molecule has 0 fully saturated rings. The van der Waals surface area contributed by atoms with E-state index in [1.807, 2.05) is 38.1 Å². The Balaban J connectivity index is 1.58. The van der Waals surface area contributed by atoms with Crippen LogP contribution in [0.15, 0.2) is 40.8 Å². The molecule has 4 heterocycles. The first kappa shape index (κ1) is 27.3. The topological polar surface area (TPSA) is 143 Å². The molecule has 41 heavy (non-hydrogen) atoms. The molecule has 3 aliphatic rings. The summed E-state index contributed by atoms with van der Waals surface area (Å²) in [5, 5.41) is 20.0. The number of carbonyl (C=O) groups is 3. The Morgan fingerprint density at radius 2 is 1.95 bits per heavy atom. The zero-order valence-corrected chi connectivity index (χ0v) is 23.8. The summed E-state index contributed by atoms with van der Waals surface area (Å²) in [5.74, 6) is -0.603. The maximum Gasteiger partial charge on any atom is 0.249 e. The maximum atomic E-state index is 13.7. The number of aromatic nitrogens is 1. The molecule has 6 rings (SSSR count). The zero-order chi connectivity index (χ0) is 29.2. The SMILES string of the molecule is CC(C)C1NC(=O)[C@@H](NC(=O)[C@@H](O)C(C)C)Cc2ccc3c(c2)C2(c4cc(Cl)ccc4NC2O3)c2oc1nc2C=O. The highest BCUT2D eigenvalue weighted by atomic mass is 35.5. The number of benzene rings is 2. The Labute approximate surface area is 241 Å². The minimum absolute atomic E-state index is 0.0885. The summed E-state index contributed by atoms with van der Waals surface area (Å²) in [6.07, 6.45) is -1.15. The molecule has 214 valence electrons. The van der Waals surface area contributed by atoms with Gasteiger partial charge in [-0.15, -0.1) is 0 Å². The van der Waals surface area contributed by atoms with Crippen LogP contribution in [-0.4, -0.2) is 46.6 Å². The molecule has 10 nitrogen and oxygen atoms in total. The van der Waals surface area contributed by atoms with Crippen molar-refractivity contribution >= 4 is 35.4 Å². The van der Waals surface area contributed by atoms with Crippen LogP contribution in [0.2, 0.25) is 5.02 Å². The number of amides is 2. The monoisotopic (exact) mass is 578 g/mol. The average molecular weight is 579 g/mol. The van der Waals surface area contributed by atoms with Crippen molar-refractivity contribution in [3.05, 3.63) is 75.5 Å². The van der Waals surface area contributed by atoms with Crippen LogP contribution in [0.1, 0.15) is 72.6 Å². The lowest BCUT2D eigenvalue weighted by Crippen LogP contribution is -2.52. The van der Waals surface area contributed by atoms with Gasteiger partial charge in [-0.3, -0.25) is 14.4 Å². The van der Waals surface area contributed by atoms with Crippen molar-refractivity contribution in [2.45, 2.75) is 63.9 Å². The quantitative estimate of drug-likeness (QED) is 0.337. The molecule has 2 aromatic carbocycles. The molecule has 4 bridgehead atoms. The number of rotatable bonds is 5. The van der Waals surface area contributed by atoms with Crippen LogP contribution < -0.4 is 20.7 Å². The van der Waals surface area contributed by atoms with Crippen molar-refractivity contribution in [1.29, 1.82) is 0 Å². The number of aliphatic hydroxyl groups excluding tert-OH is 1. The third-order valence-corrected chi connectivity index (χ3v) is 8.38. The van der Waals surface area contributed by atoms with Crippen molar-refractivity contribution < 1.29 is 28.6 Å². The fourth-order valence-corrected chi connectivity index (χ4v) is 6.16. The first-order chi connectivity index (χ1) is 19.5. The van der Waals surface area contributed by atoms with Crippen molar-refractivity contribution in [3.63, 3.8) is 0 Å². The van der Waals surface area contributed by atoms with E-state index >= 15 is 0 Å². The molecule has 0 saturated heterocycles. The number of ether oxygens (including phenoxy) is 1. The number of carbonyl (C=O) groups excluding carboxylic acids is 3. The average Bonchev–Trinajstić information content (AvgIpc) is 3.58. The number of nitrogens with one attached hydrogen (secondary N) is 3. The van der Waals surface area contributed by atoms with Gasteiger partial charge in [0.15, 0.2) is 18.3 Å². The predicted molar refractivity (Wildman–Crippen MR) is 150 cm³/mol. The van der Waals surface area contributed by atoms with Gasteiger partial charge in [0, 0.05) is 28.3 Å². The van der Waals surface area contributed by atoms with Gasteiger partial charge in [-0.2, -0.15) is 0 Å². The second-order valence-corrected chi connectivity index (χ2v) is 12.0. The maximum absolute atomic E-state index is 13.7. The van der Waals surface area contributed by atoms with Crippen LogP contribution in [0, 0.1) is 11.8 Å². The smallest absolute Gasteiger partial charge is 0.249 e. The molecular weight excluding hydrogens is 548 g/mol. The van der Waals surface area contributed by atoms with Crippen LogP contribution in [0.5, 0.6) is 5.75 Å². The molecule has 3 aliphatic heterocycles. The van der Waals surface area contributed by atoms with E-state index in [1.165, 1.54) is 0 Å². The van der Waals surface area contributed by atoms with Crippen molar-refractivity contribution in [3.8, 4) is 5.75 Å². The molecule has 2 amide bonds. The molecule has 11 heteroatoms. The second-order valence-electron chi connectivity index (χ2n) is 11.5. The molecule has 3 aromatic rings. The Morgan fingerprint density at radius 3 is 2.66 bits per heavy atom. The predicted octanol–water partition coefficient (Wildman–Crippen LogP) is 3.49. The Kier molecular flexibility index (Phi) is 6.58. The van der Waals surface area contributed by atoms with Gasteiger partial charge in [0.2, 0.25) is 17.7 Å². The Hall–Kier alpha value is -3.89. The summed E-state index contributed by atoms with van der Waals surface area (Å²) < 4.78 is 12.9. The van der Waals surface area contributed by atoms with E-state index in [-0.39, 0.29) is 29.8 Å². The number of hydrogen-bond donors (Lipinski definition) is 4. The molecule has 1 spiro atoms. The van der Waals surface area contributed by atoms with Crippen molar-refractivity contribution in [2.75, 3.05) is 5.32 Å². The molecule has 5 atom stereocenters. The number of hydrogen-bond acceptors (Lipinski definition) is 8. The fraction of sp³-hybridized carbons (Fsp3) is 0.400. The molecule has 0 aliphatic carbocycles. The van der Waals surface area contributed by atoms with Gasteiger partial charge in [-0.25, -0.2) is 4.98 Å². The minimum Gasteiger partial charge on any atom is -0.469 e. The standard InChI is InChI=1S/C30H31ClN4O6/c1-13(2)23-28-33-21(12-36)25(41-28)30-17-11-16(31)6-7-19(17)34-29(30)40-22-8-5-15(9-18(22)30)10-20(26(38)35-23)32-27(39)24(37)14(3)4/h5-9,11-14,20,23-24,29,34,37H,10H2,1-4H3,(H,32,39)(H,35,38)/t20-,23?,24-,29?,30?/m0/s1. The lowest BCUT2D eigenvalue weighted by molar-refractivity contribution is -0.135. The van der Waals surface area contributed by atoms with Crippen LogP contribution >= 0.6 is 11.6 Å². The highest BCUT2D eigenvalue weighted by molar-refractivity contribution is 6.30. The number of aliphatic hydroxyl groups is 1. The van der Waals surface area contributed by atoms with Crippen molar-refractivity contribution in [1.82, 2.24) is 15.6 Å². The first-order valence-electron chi connectivity index (χ1n) is 13.7. The molecular formula is C30H31ClN4O6. The number of fused-ring (bicyclic) bond motifs is 4. The fourth-order valence-electron chi connectivity index (χ4n) is 5.99. The van der Waals surface area contributed by atoms with Gasteiger partial charge < -0.3 is 30.2 Å². The first-order valence-corrected chi connectivity index (χ1v) is 14.0. The number of oxazole rings is 1. The molecule has 3 unspecified atom stereocenters. The number of anilines is 1. The minimum atomic E-state index is -1.28. The van der Waals surface area contributed by atoms with E-state index in [0.29, 0.717) is 28.4 Å². The van der Waals surface area contributed by atoms with Crippen LogP contribution in [0.3, 0.4) is 0 Å². The third kappa shape index (κ3) is 4.19.